The van der Waals surface area contributed by atoms with Crippen LogP contribution in [0.4, 0.5) is 10.1 Å². The minimum Gasteiger partial charge on any atom is -0.457 e. The van der Waals surface area contributed by atoms with E-state index in [0.29, 0.717) is 10.8 Å². The quantitative estimate of drug-likeness (QED) is 0.219. The molecule has 200 valence electrons. The van der Waals surface area contributed by atoms with Crippen LogP contribution in [0, 0.1) is 26.6 Å². The molecule has 1 aliphatic rings. The first-order chi connectivity index (χ1) is 19.4. The summed E-state index contributed by atoms with van der Waals surface area (Å²) >= 11 is 5.91. The number of nitrogens with zero attached hydrogens (tertiary/aromatic N) is 3. The largest absolute Gasteiger partial charge is 0.457 e. The number of halogens is 1. The lowest BCUT2D eigenvalue weighted by Crippen LogP contribution is -2.29. The van der Waals surface area contributed by atoms with Crippen molar-refractivity contribution < 1.29 is 9.13 Å². The summed E-state index contributed by atoms with van der Waals surface area (Å²) in [6.45, 7) is 6.08. The maximum absolute atomic E-state index is 14.9. The molecule has 5 nitrogen and oxygen atoms in total. The monoisotopic (exact) mass is 548 g/mol. The van der Waals surface area contributed by atoms with E-state index in [2.05, 4.69) is 21.3 Å². The molecule has 3 heterocycles. The molecule has 1 saturated heterocycles. The summed E-state index contributed by atoms with van der Waals surface area (Å²) in [5, 5.41) is 4.11. The van der Waals surface area contributed by atoms with Crippen molar-refractivity contribution in [2.75, 3.05) is 4.90 Å². The van der Waals surface area contributed by atoms with Gasteiger partial charge in [0.25, 0.3) is 0 Å². The third-order valence-corrected chi connectivity index (χ3v) is 7.67. The van der Waals surface area contributed by atoms with Gasteiger partial charge in [-0.25, -0.2) is 4.39 Å². The second-order valence-corrected chi connectivity index (χ2v) is 10.4. The summed E-state index contributed by atoms with van der Waals surface area (Å²) in [4.78, 5) is 6.78. The fourth-order valence-corrected chi connectivity index (χ4v) is 5.80. The first-order valence-electron chi connectivity index (χ1n) is 13.2. The summed E-state index contributed by atoms with van der Waals surface area (Å²) in [5.74, 6) is 1.25. The van der Waals surface area contributed by atoms with E-state index in [1.54, 1.807) is 18.3 Å². The number of ether oxygens (including phenoxy) is 1. The van der Waals surface area contributed by atoms with Crippen molar-refractivity contribution in [1.29, 1.82) is 0 Å². The molecule has 0 unspecified atom stereocenters. The van der Waals surface area contributed by atoms with Crippen LogP contribution in [0.1, 0.15) is 40.3 Å². The number of para-hydroxylation sites is 1. The third-order valence-electron chi connectivity index (χ3n) is 7.35. The van der Waals surface area contributed by atoms with E-state index in [0.717, 1.165) is 39.8 Å². The van der Waals surface area contributed by atoms with E-state index in [9.17, 15) is 4.39 Å². The van der Waals surface area contributed by atoms with Crippen LogP contribution >= 0.6 is 12.2 Å². The number of hydrogen-bond donors (Lipinski definition) is 1. The second-order valence-electron chi connectivity index (χ2n) is 10.0. The van der Waals surface area contributed by atoms with E-state index in [1.807, 2.05) is 98.1 Å². The van der Waals surface area contributed by atoms with E-state index >= 15 is 0 Å². The van der Waals surface area contributed by atoms with Crippen LogP contribution in [0.3, 0.4) is 0 Å². The van der Waals surface area contributed by atoms with Crippen molar-refractivity contribution in [1.82, 2.24) is 14.9 Å². The van der Waals surface area contributed by atoms with Crippen molar-refractivity contribution in [2.45, 2.75) is 32.9 Å². The number of pyridine rings is 1. The van der Waals surface area contributed by atoms with Crippen LogP contribution in [0.5, 0.6) is 11.5 Å². The van der Waals surface area contributed by atoms with Crippen molar-refractivity contribution in [3.05, 3.63) is 137 Å². The van der Waals surface area contributed by atoms with E-state index < -0.39 is 0 Å². The van der Waals surface area contributed by atoms with Crippen LogP contribution in [-0.4, -0.2) is 14.7 Å². The molecule has 5 aromatic rings. The fraction of sp³-hybridized carbons (Fsp3) is 0.152. The Hall–Kier alpha value is -4.49. The van der Waals surface area contributed by atoms with Gasteiger partial charge in [0.05, 0.1) is 23.5 Å². The summed E-state index contributed by atoms with van der Waals surface area (Å²) < 4.78 is 22.9. The average Bonchev–Trinajstić information content (AvgIpc) is 3.46. The lowest BCUT2D eigenvalue weighted by atomic mass is 9.96. The Bertz CT molecular complexity index is 1670. The highest BCUT2D eigenvalue weighted by atomic mass is 32.1. The van der Waals surface area contributed by atoms with Gasteiger partial charge in [0.1, 0.15) is 17.3 Å². The molecule has 7 heteroatoms. The van der Waals surface area contributed by atoms with Gasteiger partial charge >= 0.3 is 0 Å². The molecule has 0 amide bonds. The zero-order valence-electron chi connectivity index (χ0n) is 22.5. The lowest BCUT2D eigenvalue weighted by molar-refractivity contribution is 0.482. The number of benzene rings is 3. The number of anilines is 1. The molecule has 2 atom stereocenters. The van der Waals surface area contributed by atoms with Gasteiger partial charge in [-0.3, -0.25) is 4.98 Å². The first-order valence-corrected chi connectivity index (χ1v) is 13.6. The molecule has 0 bridgehead atoms. The Balaban J connectivity index is 1.41. The second kappa shape index (κ2) is 10.6. The Labute approximate surface area is 238 Å². The molecular weight excluding hydrogens is 519 g/mol. The Morgan fingerprint density at radius 2 is 1.52 bits per heavy atom. The topological polar surface area (TPSA) is 42.3 Å². The molecule has 2 aromatic heterocycles. The third kappa shape index (κ3) is 4.73. The average molecular weight is 549 g/mol. The standard InChI is InChI=1S/C33H29FN4OS/c1-21-11-15-25(16-12-21)39-26-17-13-24(14-18-26)38-32(31(36-33(38)40)29-9-6-7-19-35-29)27-20-22(2)37(23(27)3)30-10-5-4-8-28(30)34/h4-20,31-32H,1-3H3,(H,36,40)/t31-,32-/m1/s1. The van der Waals surface area contributed by atoms with Crippen LogP contribution in [-0.2, 0) is 0 Å². The predicted octanol–water partition coefficient (Wildman–Crippen LogP) is 7.91. The first kappa shape index (κ1) is 25.8. The van der Waals surface area contributed by atoms with Crippen molar-refractivity contribution in [3.63, 3.8) is 0 Å². The molecule has 0 spiro atoms. The van der Waals surface area contributed by atoms with E-state index in [-0.39, 0.29) is 17.9 Å². The minimum atomic E-state index is -0.266. The highest BCUT2D eigenvalue weighted by molar-refractivity contribution is 7.80. The van der Waals surface area contributed by atoms with Crippen LogP contribution in [0.2, 0.25) is 0 Å². The highest BCUT2D eigenvalue weighted by Crippen LogP contribution is 2.44. The van der Waals surface area contributed by atoms with E-state index in [1.165, 1.54) is 11.6 Å². The van der Waals surface area contributed by atoms with Gasteiger partial charge in [-0.1, -0.05) is 35.9 Å². The molecule has 3 aromatic carbocycles. The van der Waals surface area contributed by atoms with Crippen molar-refractivity contribution in [2.24, 2.45) is 0 Å². The van der Waals surface area contributed by atoms with Gasteiger partial charge in [0, 0.05) is 23.3 Å². The molecule has 0 saturated carbocycles. The Morgan fingerprint density at radius 1 is 0.850 bits per heavy atom. The van der Waals surface area contributed by atoms with Crippen molar-refractivity contribution in [3.8, 4) is 17.2 Å². The van der Waals surface area contributed by atoms with E-state index in [4.69, 9.17) is 17.0 Å². The Kier molecular flexibility index (Phi) is 6.82. The number of hydrogen-bond acceptors (Lipinski definition) is 3. The summed E-state index contributed by atoms with van der Waals surface area (Å²) in [6.07, 6.45) is 1.79. The Morgan fingerprint density at radius 3 is 2.20 bits per heavy atom. The van der Waals surface area contributed by atoms with Crippen LogP contribution < -0.4 is 15.0 Å². The fourth-order valence-electron chi connectivity index (χ4n) is 5.46. The lowest BCUT2D eigenvalue weighted by Gasteiger charge is -2.28. The number of nitrogens with one attached hydrogen (secondary N) is 1. The van der Waals surface area contributed by atoms with Gasteiger partial charge in [0.2, 0.25) is 0 Å². The molecule has 1 aliphatic heterocycles. The molecule has 0 aliphatic carbocycles. The van der Waals surface area contributed by atoms with Gasteiger partial charge in [-0.15, -0.1) is 0 Å². The summed E-state index contributed by atoms with van der Waals surface area (Å²) in [5.41, 5.74) is 6.45. The summed E-state index contributed by atoms with van der Waals surface area (Å²) in [6, 6.07) is 30.4. The molecular formula is C33H29FN4OS. The van der Waals surface area contributed by atoms with Gasteiger partial charge < -0.3 is 19.5 Å². The molecule has 0 radical (unpaired) electrons. The minimum absolute atomic E-state index is 0.202. The SMILES string of the molecule is Cc1ccc(Oc2ccc(N3C(=S)N[C@H](c4ccccn4)[C@H]3c3cc(C)n(-c4ccccc4F)c3C)cc2)cc1. The molecule has 1 fully saturated rings. The zero-order chi connectivity index (χ0) is 27.8. The maximum atomic E-state index is 14.9. The van der Waals surface area contributed by atoms with Crippen LogP contribution in [0.15, 0.2) is 103 Å². The highest BCUT2D eigenvalue weighted by Gasteiger charge is 2.42. The number of rotatable bonds is 6. The molecule has 40 heavy (non-hydrogen) atoms. The predicted molar refractivity (Wildman–Crippen MR) is 161 cm³/mol. The van der Waals surface area contributed by atoms with Gasteiger partial charge in [-0.2, -0.15) is 0 Å². The number of aromatic nitrogens is 2. The number of thiocarbonyl (C=S) groups is 1. The smallest absolute Gasteiger partial charge is 0.174 e. The van der Waals surface area contributed by atoms with Gasteiger partial charge in [-0.05, 0) is 105 Å². The molecule has 1 N–H and O–H groups in total. The zero-order valence-corrected chi connectivity index (χ0v) is 23.3. The molecule has 6 rings (SSSR count). The van der Waals surface area contributed by atoms with Crippen molar-refractivity contribution >= 4 is 23.0 Å². The van der Waals surface area contributed by atoms with Gasteiger partial charge in [0.15, 0.2) is 5.11 Å². The summed E-state index contributed by atoms with van der Waals surface area (Å²) in [7, 11) is 0. The maximum Gasteiger partial charge on any atom is 0.174 e. The number of aryl methyl sites for hydroxylation is 2. The normalized spacial score (nSPS) is 16.7. The van der Waals surface area contributed by atoms with Crippen LogP contribution in [0.25, 0.3) is 5.69 Å².